The zero-order valence-corrected chi connectivity index (χ0v) is 16.0. The van der Waals surface area contributed by atoms with Gasteiger partial charge in [-0.25, -0.2) is 4.98 Å². The van der Waals surface area contributed by atoms with Gasteiger partial charge in [-0.1, -0.05) is 12.1 Å². The number of carbonyl (C=O) groups excluding carboxylic acids is 1. The summed E-state index contributed by atoms with van der Waals surface area (Å²) in [4.78, 5) is 17.8. The first-order chi connectivity index (χ1) is 12.1. The fourth-order valence-corrected chi connectivity index (χ4v) is 4.16. The van der Waals surface area contributed by atoms with E-state index >= 15 is 0 Å². The number of aryl methyl sites for hydroxylation is 1. The van der Waals surface area contributed by atoms with Gasteiger partial charge in [-0.15, -0.1) is 11.3 Å². The molecule has 1 unspecified atom stereocenters. The Bertz CT molecular complexity index is 839. The molecule has 2 heterocycles. The summed E-state index contributed by atoms with van der Waals surface area (Å²) in [7, 11) is 0. The van der Waals surface area contributed by atoms with Crippen molar-refractivity contribution in [3.8, 4) is 16.3 Å². The second kappa shape index (κ2) is 7.80. The molecule has 0 aliphatic rings. The van der Waals surface area contributed by atoms with Crippen molar-refractivity contribution in [3.05, 3.63) is 57.2 Å². The zero-order valence-electron chi connectivity index (χ0n) is 14.4. The van der Waals surface area contributed by atoms with E-state index in [9.17, 15) is 4.79 Å². The smallest absolute Gasteiger partial charge is 0.263 e. The van der Waals surface area contributed by atoms with E-state index in [1.54, 1.807) is 11.3 Å². The molecule has 0 bridgehead atoms. The van der Waals surface area contributed by atoms with Crippen molar-refractivity contribution in [3.63, 3.8) is 0 Å². The lowest BCUT2D eigenvalue weighted by atomic mass is 10.1. The maximum Gasteiger partial charge on any atom is 0.263 e. The molecule has 0 radical (unpaired) electrons. The Balaban J connectivity index is 1.71. The molecule has 1 aromatic carbocycles. The second-order valence-electron chi connectivity index (χ2n) is 5.64. The van der Waals surface area contributed by atoms with E-state index in [4.69, 9.17) is 4.74 Å². The highest BCUT2D eigenvalue weighted by Gasteiger charge is 2.18. The molecule has 0 saturated carbocycles. The standard InChI is InChI=1S/C19H20N2O2S2/c1-4-23-16-7-5-14(6-8-16)12(2)20-18(22)17-13(3)21-19(25-17)15-9-10-24-11-15/h5-12H,4H2,1-3H3,(H,20,22). The first-order valence-electron chi connectivity index (χ1n) is 8.12. The average molecular weight is 373 g/mol. The van der Waals surface area contributed by atoms with Crippen molar-refractivity contribution < 1.29 is 9.53 Å². The molecular formula is C19H20N2O2S2. The summed E-state index contributed by atoms with van der Waals surface area (Å²) < 4.78 is 5.45. The lowest BCUT2D eigenvalue weighted by Gasteiger charge is -2.14. The van der Waals surface area contributed by atoms with Gasteiger partial charge < -0.3 is 10.1 Å². The molecule has 25 heavy (non-hydrogen) atoms. The highest BCUT2D eigenvalue weighted by Crippen LogP contribution is 2.29. The molecular weight excluding hydrogens is 352 g/mol. The number of amides is 1. The number of hydrogen-bond acceptors (Lipinski definition) is 5. The largest absolute Gasteiger partial charge is 0.494 e. The fraction of sp³-hybridized carbons (Fsp3) is 0.263. The lowest BCUT2D eigenvalue weighted by Crippen LogP contribution is -2.26. The summed E-state index contributed by atoms with van der Waals surface area (Å²) in [5.41, 5.74) is 2.87. The number of aromatic nitrogens is 1. The minimum absolute atomic E-state index is 0.0853. The van der Waals surface area contributed by atoms with Crippen molar-refractivity contribution in [2.75, 3.05) is 6.61 Å². The Hall–Kier alpha value is -2.18. The van der Waals surface area contributed by atoms with E-state index in [0.717, 1.165) is 27.6 Å². The molecule has 1 N–H and O–H groups in total. The predicted octanol–water partition coefficient (Wildman–Crippen LogP) is 5.07. The Morgan fingerprint density at radius 2 is 2.04 bits per heavy atom. The summed E-state index contributed by atoms with van der Waals surface area (Å²) in [6, 6.07) is 9.74. The minimum atomic E-state index is -0.0886. The number of hydrogen-bond donors (Lipinski definition) is 1. The van der Waals surface area contributed by atoms with Crippen molar-refractivity contribution in [1.82, 2.24) is 10.3 Å². The number of nitrogens with zero attached hydrogens (tertiary/aromatic N) is 1. The molecule has 1 atom stereocenters. The molecule has 0 aliphatic carbocycles. The van der Waals surface area contributed by atoms with Gasteiger partial charge in [-0.3, -0.25) is 4.79 Å². The SMILES string of the molecule is CCOc1ccc(C(C)NC(=O)c2sc(-c3ccsc3)nc2C)cc1. The van der Waals surface area contributed by atoms with Gasteiger partial charge in [0.1, 0.15) is 15.6 Å². The minimum Gasteiger partial charge on any atom is -0.494 e. The number of thiazole rings is 1. The lowest BCUT2D eigenvalue weighted by molar-refractivity contribution is 0.0943. The summed E-state index contributed by atoms with van der Waals surface area (Å²) in [6.45, 7) is 6.45. The van der Waals surface area contributed by atoms with Crippen LogP contribution in [0.15, 0.2) is 41.1 Å². The molecule has 0 fully saturated rings. The molecule has 1 amide bonds. The van der Waals surface area contributed by atoms with Crippen molar-refractivity contribution in [2.24, 2.45) is 0 Å². The molecule has 3 rings (SSSR count). The highest BCUT2D eigenvalue weighted by molar-refractivity contribution is 7.17. The normalized spacial score (nSPS) is 12.0. The molecule has 6 heteroatoms. The van der Waals surface area contributed by atoms with Gasteiger partial charge in [0.2, 0.25) is 0 Å². The Morgan fingerprint density at radius 1 is 1.28 bits per heavy atom. The van der Waals surface area contributed by atoms with Crippen molar-refractivity contribution in [2.45, 2.75) is 26.8 Å². The summed E-state index contributed by atoms with van der Waals surface area (Å²) in [5.74, 6) is 0.751. The van der Waals surface area contributed by atoms with Crippen LogP contribution in [-0.2, 0) is 0 Å². The number of thiophene rings is 1. The monoisotopic (exact) mass is 372 g/mol. The number of benzene rings is 1. The molecule has 0 spiro atoms. The average Bonchev–Trinajstić information content (AvgIpc) is 3.25. The second-order valence-corrected chi connectivity index (χ2v) is 7.42. The molecule has 130 valence electrons. The van der Waals surface area contributed by atoms with Crippen molar-refractivity contribution in [1.29, 1.82) is 0 Å². The quantitative estimate of drug-likeness (QED) is 0.657. The number of carbonyl (C=O) groups is 1. The van der Waals surface area contributed by atoms with Gasteiger partial charge in [-0.05, 0) is 49.9 Å². The third kappa shape index (κ3) is 4.08. The zero-order chi connectivity index (χ0) is 17.8. The first kappa shape index (κ1) is 17.6. The summed E-state index contributed by atoms with van der Waals surface area (Å²) >= 11 is 3.06. The fourth-order valence-electron chi connectivity index (χ4n) is 2.48. The van der Waals surface area contributed by atoms with Gasteiger partial charge in [0.05, 0.1) is 18.3 Å². The molecule has 0 saturated heterocycles. The van der Waals surface area contributed by atoms with Crippen LogP contribution in [0.4, 0.5) is 0 Å². The van der Waals surface area contributed by atoms with Crippen LogP contribution in [0.2, 0.25) is 0 Å². The maximum atomic E-state index is 12.6. The predicted molar refractivity (Wildman–Crippen MR) is 104 cm³/mol. The third-order valence-electron chi connectivity index (χ3n) is 3.81. The number of ether oxygens (including phenoxy) is 1. The number of nitrogens with one attached hydrogen (secondary N) is 1. The van der Waals surface area contributed by atoms with Crippen LogP contribution in [0.5, 0.6) is 5.75 Å². The molecule has 4 nitrogen and oxygen atoms in total. The number of rotatable bonds is 6. The topological polar surface area (TPSA) is 51.2 Å². The van der Waals surface area contributed by atoms with E-state index < -0.39 is 0 Å². The molecule has 2 aromatic heterocycles. The Morgan fingerprint density at radius 3 is 2.68 bits per heavy atom. The molecule has 3 aromatic rings. The van der Waals surface area contributed by atoms with E-state index in [0.29, 0.717) is 11.5 Å². The maximum absolute atomic E-state index is 12.6. The van der Waals surface area contributed by atoms with Gasteiger partial charge in [0.25, 0.3) is 5.91 Å². The summed E-state index contributed by atoms with van der Waals surface area (Å²) in [5, 5.41) is 8.00. The van der Waals surface area contributed by atoms with Crippen LogP contribution < -0.4 is 10.1 Å². The summed E-state index contributed by atoms with van der Waals surface area (Å²) in [6.07, 6.45) is 0. The van der Waals surface area contributed by atoms with Crippen LogP contribution in [0.25, 0.3) is 10.6 Å². The van der Waals surface area contributed by atoms with Gasteiger partial charge in [-0.2, -0.15) is 11.3 Å². The van der Waals surface area contributed by atoms with Gasteiger partial charge >= 0.3 is 0 Å². The Kier molecular flexibility index (Phi) is 5.50. The van der Waals surface area contributed by atoms with Gasteiger partial charge in [0, 0.05) is 10.9 Å². The van der Waals surface area contributed by atoms with E-state index in [1.165, 1.54) is 11.3 Å². The molecule has 0 aliphatic heterocycles. The third-order valence-corrected chi connectivity index (χ3v) is 5.70. The van der Waals surface area contributed by atoms with Crippen LogP contribution in [0.3, 0.4) is 0 Å². The van der Waals surface area contributed by atoms with Crippen LogP contribution >= 0.6 is 22.7 Å². The van der Waals surface area contributed by atoms with E-state index in [-0.39, 0.29) is 11.9 Å². The van der Waals surface area contributed by atoms with Crippen LogP contribution in [-0.4, -0.2) is 17.5 Å². The first-order valence-corrected chi connectivity index (χ1v) is 9.88. The highest BCUT2D eigenvalue weighted by atomic mass is 32.1. The van der Waals surface area contributed by atoms with E-state index in [2.05, 4.69) is 10.3 Å². The van der Waals surface area contributed by atoms with Gasteiger partial charge in [0.15, 0.2) is 0 Å². The van der Waals surface area contributed by atoms with E-state index in [1.807, 2.05) is 61.9 Å². The van der Waals surface area contributed by atoms with Crippen LogP contribution in [0.1, 0.15) is 40.8 Å². The Labute approximate surface area is 155 Å². The van der Waals surface area contributed by atoms with Crippen molar-refractivity contribution >= 4 is 28.6 Å². The van der Waals surface area contributed by atoms with Crippen LogP contribution in [0, 0.1) is 6.92 Å².